The minimum atomic E-state index is -3.73. The monoisotopic (exact) mass is 420 g/mol. The van der Waals surface area contributed by atoms with Crippen molar-refractivity contribution >= 4 is 15.9 Å². The van der Waals surface area contributed by atoms with E-state index in [1.54, 1.807) is 29.2 Å². The molecule has 8 nitrogen and oxygen atoms in total. The molecule has 3 rings (SSSR count). The summed E-state index contributed by atoms with van der Waals surface area (Å²) in [5, 5.41) is 6.98. The molecule has 1 atom stereocenters. The van der Waals surface area contributed by atoms with Crippen molar-refractivity contribution < 1.29 is 17.9 Å². The van der Waals surface area contributed by atoms with Gasteiger partial charge in [-0.15, -0.1) is 0 Å². The number of carbonyl (C=O) groups excluding carboxylic acids is 1. The normalized spacial score (nSPS) is 17.8. The van der Waals surface area contributed by atoms with Crippen LogP contribution in [0.1, 0.15) is 55.2 Å². The molecule has 1 amide bonds. The number of nitrogens with one attached hydrogen (secondary N) is 1. The highest BCUT2D eigenvalue weighted by Gasteiger charge is 2.37. The van der Waals surface area contributed by atoms with Crippen molar-refractivity contribution in [3.8, 4) is 5.75 Å². The van der Waals surface area contributed by atoms with Gasteiger partial charge in [0.15, 0.2) is 0 Å². The molecule has 1 N–H and O–H groups in total. The van der Waals surface area contributed by atoms with Crippen LogP contribution in [0.5, 0.6) is 5.75 Å². The Kier molecular flexibility index (Phi) is 6.59. The Morgan fingerprint density at radius 1 is 1.24 bits per heavy atom. The molecule has 0 saturated carbocycles. The summed E-state index contributed by atoms with van der Waals surface area (Å²) in [4.78, 5) is 14.8. The number of hydrogen-bond donors (Lipinski definition) is 1. The van der Waals surface area contributed by atoms with Gasteiger partial charge in [-0.25, -0.2) is 8.42 Å². The van der Waals surface area contributed by atoms with Gasteiger partial charge in [-0.05, 0) is 51.0 Å². The molecule has 0 bridgehead atoms. The second-order valence-corrected chi connectivity index (χ2v) is 8.87. The average molecular weight is 421 g/mol. The van der Waals surface area contributed by atoms with Crippen molar-refractivity contribution in [3.63, 3.8) is 0 Å². The number of carbonyl (C=O) groups is 1. The first-order valence-corrected chi connectivity index (χ1v) is 11.4. The predicted molar refractivity (Wildman–Crippen MR) is 109 cm³/mol. The number of ether oxygens (including phenoxy) is 1. The first-order valence-electron chi connectivity index (χ1n) is 9.92. The number of nitrogens with zero attached hydrogens (tertiary/aromatic N) is 3. The van der Waals surface area contributed by atoms with E-state index in [0.29, 0.717) is 43.1 Å². The molecule has 1 aliphatic rings. The van der Waals surface area contributed by atoms with Crippen LogP contribution < -0.4 is 4.74 Å². The van der Waals surface area contributed by atoms with Crippen molar-refractivity contribution in [1.82, 2.24) is 19.4 Å². The second-order valence-electron chi connectivity index (χ2n) is 6.98. The first-order chi connectivity index (χ1) is 13.9. The van der Waals surface area contributed by atoms with Gasteiger partial charge in [-0.1, -0.05) is 6.42 Å². The molecule has 9 heteroatoms. The summed E-state index contributed by atoms with van der Waals surface area (Å²) in [7, 11) is -2.19. The Hall–Kier alpha value is -2.39. The molecule has 2 aromatic rings. The third-order valence-electron chi connectivity index (χ3n) is 5.40. The summed E-state index contributed by atoms with van der Waals surface area (Å²) in [6, 6.07) is 5.92. The van der Waals surface area contributed by atoms with Crippen LogP contribution in [0.2, 0.25) is 0 Å². The zero-order valence-electron chi connectivity index (χ0n) is 17.1. The zero-order chi connectivity index (χ0) is 21.0. The first kappa shape index (κ1) is 21.3. The quantitative estimate of drug-likeness (QED) is 0.743. The number of hydrogen-bond acceptors (Lipinski definition) is 5. The number of benzene rings is 1. The molecule has 29 heavy (non-hydrogen) atoms. The number of sulfonamides is 1. The number of aromatic nitrogens is 2. The minimum Gasteiger partial charge on any atom is -0.497 e. The van der Waals surface area contributed by atoms with Crippen molar-refractivity contribution in [1.29, 1.82) is 0 Å². The Morgan fingerprint density at radius 2 is 1.93 bits per heavy atom. The fourth-order valence-electron chi connectivity index (χ4n) is 3.77. The predicted octanol–water partition coefficient (Wildman–Crippen LogP) is 2.82. The number of H-pyrrole nitrogens is 1. The molecule has 1 saturated heterocycles. The van der Waals surface area contributed by atoms with E-state index in [1.165, 1.54) is 17.6 Å². The molecular weight excluding hydrogens is 392 g/mol. The number of methoxy groups -OCH3 is 1. The van der Waals surface area contributed by atoms with Crippen LogP contribution in [0, 0.1) is 0 Å². The van der Waals surface area contributed by atoms with Gasteiger partial charge in [0.05, 0.1) is 35.5 Å². The molecule has 1 aromatic carbocycles. The standard InChI is InChI=1S/C20H28N4O4S/c1-4-23(5-2)20(25)17-14-21-22-19(17)18-8-6-7-13-24(18)29(26,27)16-11-9-15(28-3)10-12-16/h9-12,14,18H,4-8,13H2,1-3H3,(H,21,22)/t18-/m1/s1. The van der Waals surface area contributed by atoms with Gasteiger partial charge in [0, 0.05) is 19.6 Å². The zero-order valence-corrected chi connectivity index (χ0v) is 17.9. The summed E-state index contributed by atoms with van der Waals surface area (Å²) >= 11 is 0. The molecule has 0 aliphatic carbocycles. The molecule has 0 spiro atoms. The van der Waals surface area contributed by atoms with Crippen LogP contribution in [0.4, 0.5) is 0 Å². The van der Waals surface area contributed by atoms with Crippen LogP contribution in [0.15, 0.2) is 35.4 Å². The lowest BCUT2D eigenvalue weighted by molar-refractivity contribution is 0.0769. The van der Waals surface area contributed by atoms with Crippen LogP contribution >= 0.6 is 0 Å². The minimum absolute atomic E-state index is 0.133. The summed E-state index contributed by atoms with van der Waals surface area (Å²) < 4.78 is 33.4. The largest absolute Gasteiger partial charge is 0.497 e. The summed E-state index contributed by atoms with van der Waals surface area (Å²) in [5.74, 6) is 0.464. The van der Waals surface area contributed by atoms with E-state index in [0.717, 1.165) is 12.8 Å². The number of amides is 1. The summed E-state index contributed by atoms with van der Waals surface area (Å²) in [6.07, 6.45) is 3.80. The lowest BCUT2D eigenvalue weighted by atomic mass is 9.99. The van der Waals surface area contributed by atoms with Gasteiger partial charge in [0.2, 0.25) is 10.0 Å². The number of rotatable bonds is 7. The van der Waals surface area contributed by atoms with Gasteiger partial charge in [-0.2, -0.15) is 9.40 Å². The maximum Gasteiger partial charge on any atom is 0.257 e. The highest BCUT2D eigenvalue weighted by molar-refractivity contribution is 7.89. The van der Waals surface area contributed by atoms with E-state index in [-0.39, 0.29) is 10.8 Å². The molecular formula is C20H28N4O4S. The maximum absolute atomic E-state index is 13.4. The van der Waals surface area contributed by atoms with Crippen molar-refractivity contribution in [2.75, 3.05) is 26.7 Å². The molecule has 1 fully saturated rings. The van der Waals surface area contributed by atoms with Crippen molar-refractivity contribution in [2.45, 2.75) is 44.0 Å². The third kappa shape index (κ3) is 4.16. The molecule has 1 aromatic heterocycles. The maximum atomic E-state index is 13.4. The SMILES string of the molecule is CCN(CC)C(=O)c1cn[nH]c1[C@H]1CCCCN1S(=O)(=O)c1ccc(OC)cc1. The Balaban J connectivity index is 1.97. The fraction of sp³-hybridized carbons (Fsp3) is 0.500. The lowest BCUT2D eigenvalue weighted by Crippen LogP contribution is -2.40. The highest BCUT2D eigenvalue weighted by atomic mass is 32.2. The number of aromatic amines is 1. The van der Waals surface area contributed by atoms with E-state index < -0.39 is 16.1 Å². The van der Waals surface area contributed by atoms with E-state index in [2.05, 4.69) is 10.2 Å². The summed E-state index contributed by atoms with van der Waals surface area (Å²) in [6.45, 7) is 5.40. The van der Waals surface area contributed by atoms with Gasteiger partial charge in [0.1, 0.15) is 5.75 Å². The smallest absolute Gasteiger partial charge is 0.257 e. The molecule has 1 aliphatic heterocycles. The van der Waals surface area contributed by atoms with E-state index in [9.17, 15) is 13.2 Å². The van der Waals surface area contributed by atoms with Gasteiger partial charge >= 0.3 is 0 Å². The Morgan fingerprint density at radius 3 is 2.55 bits per heavy atom. The highest BCUT2D eigenvalue weighted by Crippen LogP contribution is 2.36. The van der Waals surface area contributed by atoms with Crippen LogP contribution in [0.3, 0.4) is 0 Å². The third-order valence-corrected chi connectivity index (χ3v) is 7.33. The fourth-order valence-corrected chi connectivity index (χ4v) is 5.43. The van der Waals surface area contributed by atoms with Gasteiger partial charge in [0.25, 0.3) is 5.91 Å². The van der Waals surface area contributed by atoms with Gasteiger partial charge < -0.3 is 9.64 Å². The summed E-state index contributed by atoms with van der Waals surface area (Å²) in [5.41, 5.74) is 1.01. The lowest BCUT2D eigenvalue weighted by Gasteiger charge is -2.34. The van der Waals surface area contributed by atoms with Crippen molar-refractivity contribution in [2.24, 2.45) is 0 Å². The molecule has 0 unspecified atom stereocenters. The number of piperidine rings is 1. The Bertz CT molecular complexity index is 936. The van der Waals surface area contributed by atoms with Gasteiger partial charge in [-0.3, -0.25) is 9.89 Å². The second kappa shape index (κ2) is 8.96. The van der Waals surface area contributed by atoms with E-state index in [1.807, 2.05) is 13.8 Å². The van der Waals surface area contributed by atoms with Crippen LogP contribution in [-0.2, 0) is 10.0 Å². The van der Waals surface area contributed by atoms with Crippen LogP contribution in [-0.4, -0.2) is 60.5 Å². The Labute approximate surface area is 171 Å². The van der Waals surface area contributed by atoms with E-state index >= 15 is 0 Å². The average Bonchev–Trinajstić information content (AvgIpc) is 3.24. The van der Waals surface area contributed by atoms with E-state index in [4.69, 9.17) is 4.74 Å². The topological polar surface area (TPSA) is 95.6 Å². The molecule has 2 heterocycles. The van der Waals surface area contributed by atoms with Crippen LogP contribution in [0.25, 0.3) is 0 Å². The molecule has 0 radical (unpaired) electrons. The van der Waals surface area contributed by atoms with Crippen molar-refractivity contribution in [3.05, 3.63) is 41.7 Å². The molecule has 158 valence electrons.